The Morgan fingerprint density at radius 3 is 2.32 bits per heavy atom. The van der Waals surface area contributed by atoms with E-state index in [9.17, 15) is 9.59 Å². The zero-order valence-electron chi connectivity index (χ0n) is 14.2. The van der Waals surface area contributed by atoms with Crippen LogP contribution in [0, 0.1) is 0 Å². The molecule has 0 heterocycles. The molecule has 0 aliphatic carbocycles. The lowest BCUT2D eigenvalue weighted by Gasteiger charge is -2.07. The van der Waals surface area contributed by atoms with Gasteiger partial charge in [0.05, 0.1) is 6.61 Å². The van der Waals surface area contributed by atoms with Crippen LogP contribution in [0.1, 0.15) is 22.8 Å². The van der Waals surface area contributed by atoms with Crippen molar-refractivity contribution in [2.75, 3.05) is 19.7 Å². The summed E-state index contributed by atoms with van der Waals surface area (Å²) in [5.41, 5.74) is 1.51. The minimum absolute atomic E-state index is 0.183. The highest BCUT2D eigenvalue weighted by Crippen LogP contribution is 2.11. The van der Waals surface area contributed by atoms with Crippen LogP contribution in [0.3, 0.4) is 0 Å². The van der Waals surface area contributed by atoms with Crippen molar-refractivity contribution in [3.05, 3.63) is 71.8 Å². The van der Waals surface area contributed by atoms with E-state index >= 15 is 0 Å². The number of nitrogens with one attached hydrogen (secondary N) is 2. The van der Waals surface area contributed by atoms with Crippen molar-refractivity contribution in [2.24, 2.45) is 0 Å². The van der Waals surface area contributed by atoms with Crippen LogP contribution in [0.25, 0.3) is 6.08 Å². The number of ether oxygens (including phenoxy) is 1. The first-order valence-corrected chi connectivity index (χ1v) is 8.21. The molecule has 0 atom stereocenters. The maximum Gasteiger partial charge on any atom is 0.251 e. The molecule has 0 saturated heterocycles. The van der Waals surface area contributed by atoms with Gasteiger partial charge in [-0.05, 0) is 42.8 Å². The molecule has 2 aromatic rings. The number of rotatable bonds is 8. The van der Waals surface area contributed by atoms with Crippen molar-refractivity contribution >= 4 is 17.9 Å². The highest BCUT2D eigenvalue weighted by Gasteiger charge is 2.05. The maximum atomic E-state index is 12.0. The van der Waals surface area contributed by atoms with E-state index < -0.39 is 0 Å². The van der Waals surface area contributed by atoms with Gasteiger partial charge in [-0.3, -0.25) is 9.59 Å². The Morgan fingerprint density at radius 1 is 0.960 bits per heavy atom. The van der Waals surface area contributed by atoms with Gasteiger partial charge in [-0.2, -0.15) is 0 Å². The van der Waals surface area contributed by atoms with Crippen molar-refractivity contribution in [3.8, 4) is 5.75 Å². The molecule has 5 heteroatoms. The highest BCUT2D eigenvalue weighted by atomic mass is 16.5. The normalized spacial score (nSPS) is 10.4. The van der Waals surface area contributed by atoms with E-state index in [1.807, 2.05) is 37.3 Å². The van der Waals surface area contributed by atoms with Crippen molar-refractivity contribution in [1.82, 2.24) is 10.6 Å². The highest BCUT2D eigenvalue weighted by molar-refractivity contribution is 5.94. The summed E-state index contributed by atoms with van der Waals surface area (Å²) >= 11 is 0. The van der Waals surface area contributed by atoms with Crippen LogP contribution in [0.2, 0.25) is 0 Å². The quantitative estimate of drug-likeness (QED) is 0.574. The van der Waals surface area contributed by atoms with E-state index in [0.29, 0.717) is 25.3 Å². The summed E-state index contributed by atoms with van der Waals surface area (Å²) in [5, 5.41) is 5.49. The predicted molar refractivity (Wildman–Crippen MR) is 98.4 cm³/mol. The largest absolute Gasteiger partial charge is 0.494 e. The standard InChI is InChI=1S/C20H22N2O3/c1-2-25-18-11-9-17(10-12-18)20(24)22-15-14-21-19(23)13-8-16-6-4-3-5-7-16/h3-13H,2,14-15H2,1H3,(H,21,23)(H,22,24)/b13-8+. The average Bonchev–Trinajstić information content (AvgIpc) is 2.65. The molecule has 0 aliphatic heterocycles. The summed E-state index contributed by atoms with van der Waals surface area (Å²) in [6.45, 7) is 3.21. The van der Waals surface area contributed by atoms with Gasteiger partial charge in [-0.15, -0.1) is 0 Å². The summed E-state index contributed by atoms with van der Waals surface area (Å²) in [5.74, 6) is 0.354. The summed E-state index contributed by atoms with van der Waals surface area (Å²) in [4.78, 5) is 23.7. The number of amides is 2. The zero-order valence-corrected chi connectivity index (χ0v) is 14.2. The van der Waals surface area contributed by atoms with Gasteiger partial charge < -0.3 is 15.4 Å². The van der Waals surface area contributed by atoms with Crippen molar-refractivity contribution in [3.63, 3.8) is 0 Å². The minimum atomic E-state index is -0.195. The fourth-order valence-electron chi connectivity index (χ4n) is 2.13. The second-order valence-corrected chi connectivity index (χ2v) is 5.25. The van der Waals surface area contributed by atoms with Gasteiger partial charge in [0.15, 0.2) is 0 Å². The Labute approximate surface area is 147 Å². The molecule has 0 bridgehead atoms. The first-order valence-electron chi connectivity index (χ1n) is 8.21. The average molecular weight is 338 g/mol. The van der Waals surface area contributed by atoms with Crippen molar-refractivity contribution < 1.29 is 14.3 Å². The number of benzene rings is 2. The van der Waals surface area contributed by atoms with Crippen LogP contribution < -0.4 is 15.4 Å². The molecule has 25 heavy (non-hydrogen) atoms. The van der Waals surface area contributed by atoms with Crippen LogP contribution in [0.15, 0.2) is 60.7 Å². The Hall–Kier alpha value is -3.08. The van der Waals surface area contributed by atoms with Crippen molar-refractivity contribution in [1.29, 1.82) is 0 Å². The predicted octanol–water partition coefficient (Wildman–Crippen LogP) is 2.64. The topological polar surface area (TPSA) is 67.4 Å². The lowest BCUT2D eigenvalue weighted by atomic mass is 10.2. The van der Waals surface area contributed by atoms with Crippen molar-refractivity contribution in [2.45, 2.75) is 6.92 Å². The van der Waals surface area contributed by atoms with Crippen LogP contribution in [0.5, 0.6) is 5.75 Å². The van der Waals surface area contributed by atoms with E-state index in [1.54, 1.807) is 30.3 Å². The molecule has 2 rings (SSSR count). The first-order chi connectivity index (χ1) is 12.2. The maximum absolute atomic E-state index is 12.0. The molecule has 0 radical (unpaired) electrons. The smallest absolute Gasteiger partial charge is 0.251 e. The molecule has 2 aromatic carbocycles. The van der Waals surface area contributed by atoms with Gasteiger partial charge in [-0.25, -0.2) is 0 Å². The van der Waals surface area contributed by atoms with Crippen LogP contribution in [0.4, 0.5) is 0 Å². The molecule has 0 spiro atoms. The number of carbonyl (C=O) groups is 2. The number of hydrogen-bond acceptors (Lipinski definition) is 3. The summed E-state index contributed by atoms with van der Waals surface area (Å²) in [6.07, 6.45) is 3.22. The van der Waals surface area contributed by atoms with Gasteiger partial charge in [0.2, 0.25) is 5.91 Å². The molecular weight excluding hydrogens is 316 g/mol. The van der Waals surface area contributed by atoms with E-state index in [-0.39, 0.29) is 11.8 Å². The summed E-state index contributed by atoms with van der Waals surface area (Å²) < 4.78 is 5.33. The van der Waals surface area contributed by atoms with Gasteiger partial charge in [0.1, 0.15) is 5.75 Å². The molecular formula is C20H22N2O3. The zero-order chi connectivity index (χ0) is 17.9. The second kappa shape index (κ2) is 9.93. The van der Waals surface area contributed by atoms with E-state index in [0.717, 1.165) is 11.3 Å². The Balaban J connectivity index is 1.68. The van der Waals surface area contributed by atoms with E-state index in [2.05, 4.69) is 10.6 Å². The Morgan fingerprint density at radius 2 is 1.64 bits per heavy atom. The van der Waals surface area contributed by atoms with Gasteiger partial charge in [0.25, 0.3) is 5.91 Å². The van der Waals surface area contributed by atoms with Crippen LogP contribution in [-0.4, -0.2) is 31.5 Å². The van der Waals surface area contributed by atoms with Gasteiger partial charge in [0, 0.05) is 24.7 Å². The molecule has 0 aliphatic rings. The first kappa shape index (κ1) is 18.3. The van der Waals surface area contributed by atoms with Gasteiger partial charge in [-0.1, -0.05) is 30.3 Å². The Kier molecular flexibility index (Phi) is 7.25. The van der Waals surface area contributed by atoms with Gasteiger partial charge >= 0.3 is 0 Å². The third kappa shape index (κ3) is 6.51. The van der Waals surface area contributed by atoms with Crippen LogP contribution >= 0.6 is 0 Å². The molecule has 0 fully saturated rings. The lowest BCUT2D eigenvalue weighted by molar-refractivity contribution is -0.116. The molecule has 130 valence electrons. The number of carbonyl (C=O) groups excluding carboxylic acids is 2. The monoisotopic (exact) mass is 338 g/mol. The lowest BCUT2D eigenvalue weighted by Crippen LogP contribution is -2.33. The third-order valence-electron chi connectivity index (χ3n) is 3.36. The summed E-state index contributed by atoms with van der Waals surface area (Å²) in [6, 6.07) is 16.5. The number of hydrogen-bond donors (Lipinski definition) is 2. The molecule has 5 nitrogen and oxygen atoms in total. The SMILES string of the molecule is CCOc1ccc(C(=O)NCCNC(=O)/C=C/c2ccccc2)cc1. The minimum Gasteiger partial charge on any atom is -0.494 e. The Bertz CT molecular complexity index is 709. The molecule has 0 aromatic heterocycles. The van der Waals surface area contributed by atoms with E-state index in [1.165, 1.54) is 6.08 Å². The molecule has 2 N–H and O–H groups in total. The molecule has 0 unspecified atom stereocenters. The van der Waals surface area contributed by atoms with E-state index in [4.69, 9.17) is 4.74 Å². The third-order valence-corrected chi connectivity index (χ3v) is 3.36. The molecule has 0 saturated carbocycles. The molecule has 2 amide bonds. The summed E-state index contributed by atoms with van der Waals surface area (Å²) in [7, 11) is 0. The van der Waals surface area contributed by atoms with Crippen LogP contribution in [-0.2, 0) is 4.79 Å². The fourth-order valence-corrected chi connectivity index (χ4v) is 2.13. The fraction of sp³-hybridized carbons (Fsp3) is 0.200. The second-order valence-electron chi connectivity index (χ2n) is 5.25.